The van der Waals surface area contributed by atoms with Crippen LogP contribution in [-0.4, -0.2) is 12.6 Å². The van der Waals surface area contributed by atoms with Gasteiger partial charge >= 0.3 is 0 Å². The predicted molar refractivity (Wildman–Crippen MR) is 77.0 cm³/mol. The fourth-order valence-electron chi connectivity index (χ4n) is 2.37. The fourth-order valence-corrected chi connectivity index (χ4v) is 2.37. The van der Waals surface area contributed by atoms with Crippen LogP contribution < -0.4 is 5.32 Å². The first-order valence-electron chi connectivity index (χ1n) is 6.92. The molecule has 0 saturated carbocycles. The second kappa shape index (κ2) is 6.05. The Morgan fingerprint density at radius 3 is 2.72 bits per heavy atom. The quantitative estimate of drug-likeness (QED) is 0.820. The molecule has 0 fully saturated rings. The molecule has 0 bridgehead atoms. The maximum absolute atomic E-state index is 5.91. The topological polar surface area (TPSA) is 25.2 Å². The second-order valence-corrected chi connectivity index (χ2v) is 5.18. The van der Waals surface area contributed by atoms with E-state index in [9.17, 15) is 0 Å². The van der Waals surface area contributed by atoms with Gasteiger partial charge in [0.2, 0.25) is 0 Å². The largest absolute Gasteiger partial charge is 0.461 e. The van der Waals surface area contributed by atoms with Crippen LogP contribution in [-0.2, 0) is 0 Å². The number of nitrogens with one attached hydrogen (secondary N) is 1. The summed E-state index contributed by atoms with van der Waals surface area (Å²) in [6, 6.07) is 10.9. The average Bonchev–Trinajstić information content (AvgIpc) is 2.80. The van der Waals surface area contributed by atoms with E-state index < -0.39 is 0 Å². The van der Waals surface area contributed by atoms with Crippen LogP contribution in [0.1, 0.15) is 45.3 Å². The molecule has 2 nitrogen and oxygen atoms in total. The van der Waals surface area contributed by atoms with E-state index >= 15 is 0 Å². The van der Waals surface area contributed by atoms with Crippen LogP contribution in [0.2, 0.25) is 0 Å². The Morgan fingerprint density at radius 1 is 1.22 bits per heavy atom. The van der Waals surface area contributed by atoms with Crippen molar-refractivity contribution in [3.05, 3.63) is 36.1 Å². The van der Waals surface area contributed by atoms with Gasteiger partial charge in [0.25, 0.3) is 0 Å². The highest BCUT2D eigenvalue weighted by atomic mass is 16.3. The monoisotopic (exact) mass is 245 g/mol. The van der Waals surface area contributed by atoms with Gasteiger partial charge in [0, 0.05) is 17.3 Å². The Kier molecular flexibility index (Phi) is 4.43. The van der Waals surface area contributed by atoms with Crippen LogP contribution in [0.25, 0.3) is 11.0 Å². The number of benzene rings is 1. The van der Waals surface area contributed by atoms with E-state index in [4.69, 9.17) is 4.42 Å². The van der Waals surface area contributed by atoms with Crippen molar-refractivity contribution >= 4 is 11.0 Å². The summed E-state index contributed by atoms with van der Waals surface area (Å²) in [6.07, 6.45) is 2.29. The molecule has 1 aromatic heterocycles. The predicted octanol–water partition coefficient (Wildman–Crippen LogP) is 4.31. The molecule has 18 heavy (non-hydrogen) atoms. The lowest BCUT2D eigenvalue weighted by Gasteiger charge is -2.16. The van der Waals surface area contributed by atoms with Crippen molar-refractivity contribution in [1.82, 2.24) is 5.32 Å². The van der Waals surface area contributed by atoms with Crippen molar-refractivity contribution < 1.29 is 4.42 Å². The molecule has 0 radical (unpaired) electrons. The smallest absolute Gasteiger partial charge is 0.134 e. The van der Waals surface area contributed by atoms with Crippen LogP contribution in [0.15, 0.2) is 34.7 Å². The lowest BCUT2D eigenvalue weighted by Crippen LogP contribution is -2.27. The highest BCUT2D eigenvalue weighted by Gasteiger charge is 2.14. The van der Waals surface area contributed by atoms with Gasteiger partial charge in [0.05, 0.1) is 0 Å². The Morgan fingerprint density at radius 2 is 2.00 bits per heavy atom. The number of rotatable bonds is 6. The van der Waals surface area contributed by atoms with E-state index in [0.29, 0.717) is 12.0 Å². The standard InChI is InChI=1S/C16H23NO/c1-4-9-17-13(3)10-12(2)16-11-14-7-5-6-8-15(14)18-16/h5-8,11-13,17H,4,9-10H2,1-3H3. The third kappa shape index (κ3) is 3.14. The summed E-state index contributed by atoms with van der Waals surface area (Å²) < 4.78 is 5.91. The van der Waals surface area contributed by atoms with Gasteiger partial charge in [0.15, 0.2) is 0 Å². The molecule has 0 amide bonds. The highest BCUT2D eigenvalue weighted by Crippen LogP contribution is 2.27. The van der Waals surface area contributed by atoms with E-state index in [1.165, 1.54) is 11.8 Å². The molecule has 98 valence electrons. The summed E-state index contributed by atoms with van der Waals surface area (Å²) in [5.41, 5.74) is 0.994. The van der Waals surface area contributed by atoms with Gasteiger partial charge in [-0.1, -0.05) is 32.0 Å². The molecule has 0 spiro atoms. The summed E-state index contributed by atoms with van der Waals surface area (Å²) in [4.78, 5) is 0. The molecule has 2 rings (SSSR count). The van der Waals surface area contributed by atoms with Crippen LogP contribution in [0.3, 0.4) is 0 Å². The molecule has 0 aliphatic heterocycles. The Bertz CT molecular complexity index is 456. The van der Waals surface area contributed by atoms with Crippen LogP contribution in [0.5, 0.6) is 0 Å². The molecule has 2 unspecified atom stereocenters. The lowest BCUT2D eigenvalue weighted by molar-refractivity contribution is 0.429. The van der Waals surface area contributed by atoms with E-state index in [1.54, 1.807) is 0 Å². The zero-order valence-corrected chi connectivity index (χ0v) is 11.6. The second-order valence-electron chi connectivity index (χ2n) is 5.18. The normalized spacial score (nSPS) is 14.8. The number of hydrogen-bond donors (Lipinski definition) is 1. The number of hydrogen-bond acceptors (Lipinski definition) is 2. The van der Waals surface area contributed by atoms with Crippen molar-refractivity contribution in [2.24, 2.45) is 0 Å². The molecular weight excluding hydrogens is 222 g/mol. The maximum atomic E-state index is 5.91. The number of furan rings is 1. The van der Waals surface area contributed by atoms with Gasteiger partial charge in [-0.15, -0.1) is 0 Å². The minimum Gasteiger partial charge on any atom is -0.461 e. The summed E-state index contributed by atoms with van der Waals surface area (Å²) in [6.45, 7) is 7.77. The first-order valence-corrected chi connectivity index (χ1v) is 6.92. The number of para-hydroxylation sites is 1. The van der Waals surface area contributed by atoms with Gasteiger partial charge in [-0.25, -0.2) is 0 Å². The molecule has 1 N–H and O–H groups in total. The van der Waals surface area contributed by atoms with Gasteiger partial charge in [-0.3, -0.25) is 0 Å². The minimum atomic E-state index is 0.455. The molecule has 0 aliphatic rings. The van der Waals surface area contributed by atoms with Crippen molar-refractivity contribution in [1.29, 1.82) is 0 Å². The highest BCUT2D eigenvalue weighted by molar-refractivity contribution is 5.77. The molecule has 2 atom stereocenters. The molecule has 1 heterocycles. The first kappa shape index (κ1) is 13.2. The summed E-state index contributed by atoms with van der Waals surface area (Å²) in [7, 11) is 0. The summed E-state index contributed by atoms with van der Waals surface area (Å²) in [5.74, 6) is 1.55. The Labute approximate surface area is 109 Å². The SMILES string of the molecule is CCCNC(C)CC(C)c1cc2ccccc2o1. The fraction of sp³-hybridized carbons (Fsp3) is 0.500. The van der Waals surface area contributed by atoms with Crippen molar-refractivity contribution in [3.63, 3.8) is 0 Å². The van der Waals surface area contributed by atoms with Gasteiger partial charge < -0.3 is 9.73 Å². The molecule has 0 aliphatic carbocycles. The zero-order chi connectivity index (χ0) is 13.0. The molecule has 0 saturated heterocycles. The van der Waals surface area contributed by atoms with Gasteiger partial charge in [-0.05, 0) is 38.4 Å². The maximum Gasteiger partial charge on any atom is 0.134 e. The van der Waals surface area contributed by atoms with Crippen molar-refractivity contribution in [2.45, 2.75) is 45.6 Å². The Hall–Kier alpha value is -1.28. The van der Waals surface area contributed by atoms with Crippen molar-refractivity contribution in [3.8, 4) is 0 Å². The van der Waals surface area contributed by atoms with Crippen molar-refractivity contribution in [2.75, 3.05) is 6.54 Å². The summed E-state index contributed by atoms with van der Waals surface area (Å²) >= 11 is 0. The minimum absolute atomic E-state index is 0.455. The molecule has 2 heteroatoms. The van der Waals surface area contributed by atoms with Crippen LogP contribution in [0.4, 0.5) is 0 Å². The van der Waals surface area contributed by atoms with Crippen LogP contribution in [0, 0.1) is 0 Å². The molecular formula is C16H23NO. The lowest BCUT2D eigenvalue weighted by atomic mass is 10.00. The third-order valence-corrected chi connectivity index (χ3v) is 3.38. The van der Waals surface area contributed by atoms with Crippen LogP contribution >= 0.6 is 0 Å². The zero-order valence-electron chi connectivity index (χ0n) is 11.6. The average molecular weight is 245 g/mol. The van der Waals surface area contributed by atoms with E-state index in [-0.39, 0.29) is 0 Å². The number of fused-ring (bicyclic) bond motifs is 1. The van der Waals surface area contributed by atoms with E-state index in [0.717, 1.165) is 24.3 Å². The Balaban J connectivity index is 2.01. The van der Waals surface area contributed by atoms with E-state index in [2.05, 4.69) is 44.3 Å². The van der Waals surface area contributed by atoms with Gasteiger partial charge in [0.1, 0.15) is 11.3 Å². The first-order chi connectivity index (χ1) is 8.70. The molecule has 1 aromatic carbocycles. The third-order valence-electron chi connectivity index (χ3n) is 3.38. The van der Waals surface area contributed by atoms with Gasteiger partial charge in [-0.2, -0.15) is 0 Å². The summed E-state index contributed by atoms with van der Waals surface area (Å²) in [5, 5.41) is 4.73. The molecule has 2 aromatic rings. The van der Waals surface area contributed by atoms with E-state index in [1.807, 2.05) is 12.1 Å².